The standard InChI is InChI=1S/C15H24N2O2/c1-12-9-13(16)11-17(10-12)7-8-19-15-5-3-14(18-2)4-6-15/h3-6,12-13H,7-11,16H2,1-2H3. The van der Waals surface area contributed by atoms with Crippen molar-refractivity contribution in [2.24, 2.45) is 11.7 Å². The van der Waals surface area contributed by atoms with E-state index in [0.717, 1.165) is 37.6 Å². The molecular weight excluding hydrogens is 240 g/mol. The Morgan fingerprint density at radius 1 is 1.21 bits per heavy atom. The number of rotatable bonds is 5. The fourth-order valence-electron chi connectivity index (χ4n) is 2.66. The van der Waals surface area contributed by atoms with E-state index in [1.807, 2.05) is 24.3 Å². The third-order valence-corrected chi connectivity index (χ3v) is 3.50. The maximum atomic E-state index is 6.03. The topological polar surface area (TPSA) is 47.7 Å². The molecule has 0 aromatic heterocycles. The number of piperidine rings is 1. The van der Waals surface area contributed by atoms with Crippen LogP contribution in [0, 0.1) is 5.92 Å². The monoisotopic (exact) mass is 264 g/mol. The molecular formula is C15H24N2O2. The van der Waals surface area contributed by atoms with Gasteiger partial charge in [0.1, 0.15) is 18.1 Å². The van der Waals surface area contributed by atoms with E-state index >= 15 is 0 Å². The zero-order valence-corrected chi connectivity index (χ0v) is 11.8. The molecule has 1 fully saturated rings. The van der Waals surface area contributed by atoms with Crippen LogP contribution >= 0.6 is 0 Å². The van der Waals surface area contributed by atoms with E-state index in [0.29, 0.717) is 18.6 Å². The Bertz CT molecular complexity index is 370. The first-order valence-corrected chi connectivity index (χ1v) is 6.92. The van der Waals surface area contributed by atoms with Crippen molar-refractivity contribution in [3.63, 3.8) is 0 Å². The van der Waals surface area contributed by atoms with Crippen molar-refractivity contribution in [2.75, 3.05) is 33.4 Å². The largest absolute Gasteiger partial charge is 0.497 e. The zero-order chi connectivity index (χ0) is 13.7. The highest BCUT2D eigenvalue weighted by atomic mass is 16.5. The van der Waals surface area contributed by atoms with Crippen molar-refractivity contribution in [1.82, 2.24) is 4.90 Å². The van der Waals surface area contributed by atoms with Crippen LogP contribution in [0.5, 0.6) is 11.5 Å². The predicted molar refractivity (Wildman–Crippen MR) is 76.7 cm³/mol. The minimum atomic E-state index is 0.310. The Morgan fingerprint density at radius 2 is 1.89 bits per heavy atom. The van der Waals surface area contributed by atoms with Gasteiger partial charge in [0, 0.05) is 25.7 Å². The van der Waals surface area contributed by atoms with Gasteiger partial charge in [-0.2, -0.15) is 0 Å². The highest BCUT2D eigenvalue weighted by Gasteiger charge is 2.21. The van der Waals surface area contributed by atoms with Gasteiger partial charge in [-0.1, -0.05) is 6.92 Å². The van der Waals surface area contributed by atoms with Crippen molar-refractivity contribution in [3.05, 3.63) is 24.3 Å². The summed E-state index contributed by atoms with van der Waals surface area (Å²) in [5, 5.41) is 0. The summed E-state index contributed by atoms with van der Waals surface area (Å²) in [6.07, 6.45) is 1.13. The molecule has 2 unspecified atom stereocenters. The number of nitrogens with two attached hydrogens (primary N) is 1. The lowest BCUT2D eigenvalue weighted by Gasteiger charge is -2.34. The summed E-state index contributed by atoms with van der Waals surface area (Å²) in [5.41, 5.74) is 6.03. The van der Waals surface area contributed by atoms with Gasteiger partial charge in [0.05, 0.1) is 7.11 Å². The van der Waals surface area contributed by atoms with E-state index in [2.05, 4.69) is 11.8 Å². The van der Waals surface area contributed by atoms with E-state index in [-0.39, 0.29) is 0 Å². The molecule has 0 radical (unpaired) electrons. The van der Waals surface area contributed by atoms with E-state index < -0.39 is 0 Å². The van der Waals surface area contributed by atoms with Crippen molar-refractivity contribution in [2.45, 2.75) is 19.4 Å². The van der Waals surface area contributed by atoms with E-state index in [1.165, 1.54) is 0 Å². The molecule has 1 heterocycles. The summed E-state index contributed by atoms with van der Waals surface area (Å²) in [6, 6.07) is 8.00. The highest BCUT2D eigenvalue weighted by molar-refractivity contribution is 5.31. The summed E-state index contributed by atoms with van der Waals surface area (Å²) in [6.45, 7) is 6.00. The average molecular weight is 264 g/mol. The van der Waals surface area contributed by atoms with Gasteiger partial charge in [0.15, 0.2) is 0 Å². The molecule has 1 aliphatic rings. The average Bonchev–Trinajstić information content (AvgIpc) is 2.38. The molecule has 1 aromatic rings. The van der Waals surface area contributed by atoms with Gasteiger partial charge in [-0.15, -0.1) is 0 Å². The highest BCUT2D eigenvalue weighted by Crippen LogP contribution is 2.18. The van der Waals surface area contributed by atoms with Crippen LogP contribution in [0.4, 0.5) is 0 Å². The van der Waals surface area contributed by atoms with Crippen molar-refractivity contribution in [3.8, 4) is 11.5 Å². The van der Waals surface area contributed by atoms with Gasteiger partial charge >= 0.3 is 0 Å². The quantitative estimate of drug-likeness (QED) is 0.880. The molecule has 0 saturated carbocycles. The molecule has 1 aliphatic heterocycles. The van der Waals surface area contributed by atoms with Gasteiger partial charge in [-0.25, -0.2) is 0 Å². The van der Waals surface area contributed by atoms with Crippen LogP contribution in [0.25, 0.3) is 0 Å². The second-order valence-electron chi connectivity index (χ2n) is 5.38. The Labute approximate surface area is 115 Å². The number of benzene rings is 1. The first-order valence-electron chi connectivity index (χ1n) is 6.92. The molecule has 4 nitrogen and oxygen atoms in total. The second kappa shape index (κ2) is 6.78. The van der Waals surface area contributed by atoms with Crippen LogP contribution in [0.15, 0.2) is 24.3 Å². The van der Waals surface area contributed by atoms with Crippen molar-refractivity contribution < 1.29 is 9.47 Å². The van der Waals surface area contributed by atoms with E-state index in [4.69, 9.17) is 15.2 Å². The fraction of sp³-hybridized carbons (Fsp3) is 0.600. The molecule has 0 amide bonds. The Kier molecular flexibility index (Phi) is 5.05. The van der Waals surface area contributed by atoms with Gasteiger partial charge in [0.25, 0.3) is 0 Å². The molecule has 19 heavy (non-hydrogen) atoms. The van der Waals surface area contributed by atoms with Gasteiger partial charge < -0.3 is 15.2 Å². The first kappa shape index (κ1) is 14.2. The molecule has 0 aliphatic carbocycles. The molecule has 1 aromatic carbocycles. The summed E-state index contributed by atoms with van der Waals surface area (Å²) >= 11 is 0. The van der Waals surface area contributed by atoms with E-state index in [9.17, 15) is 0 Å². The minimum absolute atomic E-state index is 0.310. The Morgan fingerprint density at radius 3 is 2.53 bits per heavy atom. The van der Waals surface area contributed by atoms with E-state index in [1.54, 1.807) is 7.11 Å². The number of hydrogen-bond donors (Lipinski definition) is 1. The summed E-state index contributed by atoms with van der Waals surface area (Å²) in [4.78, 5) is 2.39. The maximum Gasteiger partial charge on any atom is 0.119 e. The lowest BCUT2D eigenvalue weighted by Crippen LogP contribution is -2.47. The molecule has 106 valence electrons. The lowest BCUT2D eigenvalue weighted by atomic mass is 9.97. The SMILES string of the molecule is COc1ccc(OCCN2CC(C)CC(N)C2)cc1. The summed E-state index contributed by atoms with van der Waals surface area (Å²) < 4.78 is 10.9. The van der Waals surface area contributed by atoms with Gasteiger partial charge in [-0.05, 0) is 36.6 Å². The van der Waals surface area contributed by atoms with Crippen LogP contribution in [0.2, 0.25) is 0 Å². The predicted octanol–water partition coefficient (Wildman–Crippen LogP) is 1.74. The molecule has 4 heteroatoms. The number of likely N-dealkylation sites (tertiary alicyclic amines) is 1. The molecule has 0 bridgehead atoms. The number of hydrogen-bond acceptors (Lipinski definition) is 4. The number of nitrogens with zero attached hydrogens (tertiary/aromatic N) is 1. The number of ether oxygens (including phenoxy) is 2. The molecule has 1 saturated heterocycles. The first-order chi connectivity index (χ1) is 9.17. The Hall–Kier alpha value is -1.26. The third-order valence-electron chi connectivity index (χ3n) is 3.50. The van der Waals surface area contributed by atoms with Gasteiger partial charge in [-0.3, -0.25) is 4.90 Å². The smallest absolute Gasteiger partial charge is 0.119 e. The Balaban J connectivity index is 1.73. The lowest BCUT2D eigenvalue weighted by molar-refractivity contribution is 0.140. The zero-order valence-electron chi connectivity index (χ0n) is 11.8. The number of methoxy groups -OCH3 is 1. The van der Waals surface area contributed by atoms with Gasteiger partial charge in [0.2, 0.25) is 0 Å². The molecule has 0 spiro atoms. The second-order valence-corrected chi connectivity index (χ2v) is 5.38. The van der Waals surface area contributed by atoms with Crippen molar-refractivity contribution >= 4 is 0 Å². The summed E-state index contributed by atoms with van der Waals surface area (Å²) in [7, 11) is 1.66. The minimum Gasteiger partial charge on any atom is -0.497 e. The summed E-state index contributed by atoms with van der Waals surface area (Å²) in [5.74, 6) is 2.42. The maximum absolute atomic E-state index is 6.03. The normalized spacial score (nSPS) is 24.2. The van der Waals surface area contributed by atoms with Crippen molar-refractivity contribution in [1.29, 1.82) is 0 Å². The van der Waals surface area contributed by atoms with Crippen LogP contribution < -0.4 is 15.2 Å². The molecule has 2 N–H and O–H groups in total. The molecule has 2 atom stereocenters. The van der Waals surface area contributed by atoms with Crippen LogP contribution in [0.3, 0.4) is 0 Å². The van der Waals surface area contributed by atoms with Crippen LogP contribution in [0.1, 0.15) is 13.3 Å². The third kappa shape index (κ3) is 4.40. The van der Waals surface area contributed by atoms with Crippen LogP contribution in [-0.4, -0.2) is 44.3 Å². The fourth-order valence-corrected chi connectivity index (χ4v) is 2.66. The van der Waals surface area contributed by atoms with Crippen LogP contribution in [-0.2, 0) is 0 Å². The molecule has 2 rings (SSSR count).